The van der Waals surface area contributed by atoms with E-state index < -0.39 is 0 Å². The van der Waals surface area contributed by atoms with Gasteiger partial charge in [0.25, 0.3) is 0 Å². The zero-order chi connectivity index (χ0) is 19.1. The molecule has 0 aliphatic heterocycles. The first kappa shape index (κ1) is 21.5. The summed E-state index contributed by atoms with van der Waals surface area (Å²) in [4.78, 5) is 11.4. The number of alkyl halides is 2. The molecule has 0 bridgehead atoms. The van der Waals surface area contributed by atoms with Crippen molar-refractivity contribution in [2.45, 2.75) is 41.5 Å². The second kappa shape index (κ2) is 10.5. The van der Waals surface area contributed by atoms with E-state index in [4.69, 9.17) is 9.47 Å². The Morgan fingerprint density at radius 2 is 1.88 bits per heavy atom. The number of para-hydroxylation sites is 1. The summed E-state index contributed by atoms with van der Waals surface area (Å²) in [6.45, 7) is 6.54. The number of methoxy groups -OCH3 is 1. The molecule has 0 saturated carbocycles. The van der Waals surface area contributed by atoms with Gasteiger partial charge in [0.15, 0.2) is 0 Å². The molecule has 3 nitrogen and oxygen atoms in total. The molecule has 142 valence electrons. The van der Waals surface area contributed by atoms with Crippen LogP contribution in [-0.4, -0.2) is 14.8 Å². The Bertz CT molecular complexity index is 732. The third-order valence-corrected chi connectivity index (χ3v) is 8.63. The van der Waals surface area contributed by atoms with Crippen LogP contribution >= 0.6 is 22.6 Å². The molecule has 2 aromatic rings. The minimum atomic E-state index is -0.143. The molecule has 0 amide bonds. The van der Waals surface area contributed by atoms with Crippen LogP contribution in [0.15, 0.2) is 42.5 Å². The van der Waals surface area contributed by atoms with Gasteiger partial charge < -0.3 is 0 Å². The van der Waals surface area contributed by atoms with Gasteiger partial charge >= 0.3 is 181 Å². The average Bonchev–Trinajstić information content (AvgIpc) is 2.62. The van der Waals surface area contributed by atoms with Gasteiger partial charge in [0, 0.05) is 0 Å². The number of carbonyl (C=O) groups excluding carboxylic acids is 1. The SMILES string of the molecule is CCC([I-]C(C)CC(=O)I)c1ccc(OC)c(Oc2ccccc2)c1C. The molecule has 0 heterocycles. The third kappa shape index (κ3) is 5.84. The summed E-state index contributed by atoms with van der Waals surface area (Å²) in [7, 11) is 1.67. The van der Waals surface area contributed by atoms with E-state index in [1.807, 2.05) is 59.0 Å². The first-order valence-electron chi connectivity index (χ1n) is 8.66. The summed E-state index contributed by atoms with van der Waals surface area (Å²) in [5, 5.41) is 0. The summed E-state index contributed by atoms with van der Waals surface area (Å²) in [6.07, 6.45) is 1.75. The van der Waals surface area contributed by atoms with E-state index in [1.165, 1.54) is 5.56 Å². The number of ether oxygens (including phenoxy) is 2. The molecule has 2 unspecified atom stereocenters. The van der Waals surface area contributed by atoms with Gasteiger partial charge in [0.1, 0.15) is 0 Å². The molecule has 0 spiro atoms. The first-order valence-corrected chi connectivity index (χ1v) is 12.2. The molecular weight excluding hydrogens is 554 g/mol. The fourth-order valence-electron chi connectivity index (χ4n) is 2.82. The van der Waals surface area contributed by atoms with Gasteiger partial charge in [-0.2, -0.15) is 0 Å². The molecule has 0 fully saturated rings. The number of halogens is 2. The van der Waals surface area contributed by atoms with Gasteiger partial charge in [-0.25, -0.2) is 0 Å². The molecule has 2 atom stereocenters. The molecular formula is C21H25I2O3-. The van der Waals surface area contributed by atoms with Gasteiger partial charge in [0.2, 0.25) is 0 Å². The van der Waals surface area contributed by atoms with Crippen molar-refractivity contribution in [3.05, 3.63) is 53.6 Å². The van der Waals surface area contributed by atoms with E-state index in [0.29, 0.717) is 14.3 Å². The van der Waals surface area contributed by atoms with Crippen molar-refractivity contribution in [1.82, 2.24) is 0 Å². The fourth-order valence-corrected chi connectivity index (χ4v) is 8.03. The van der Waals surface area contributed by atoms with E-state index >= 15 is 0 Å². The molecule has 0 aliphatic carbocycles. The Morgan fingerprint density at radius 1 is 1.19 bits per heavy atom. The van der Waals surface area contributed by atoms with Crippen molar-refractivity contribution in [3.63, 3.8) is 0 Å². The molecule has 5 heteroatoms. The number of hydrogen-bond donors (Lipinski definition) is 0. The van der Waals surface area contributed by atoms with Crippen molar-refractivity contribution >= 4 is 26.4 Å². The van der Waals surface area contributed by atoms with Gasteiger partial charge in [0.05, 0.1) is 0 Å². The summed E-state index contributed by atoms with van der Waals surface area (Å²) in [5.41, 5.74) is 2.45. The second-order valence-corrected chi connectivity index (χ2v) is 11.6. The molecule has 0 aromatic heterocycles. The van der Waals surface area contributed by atoms with Crippen LogP contribution in [0.1, 0.15) is 41.7 Å². The number of carbonyl (C=O) groups is 1. The standard InChI is InChI=1S/C21H25I2O3/c1-5-18(23-14(2)13-20(22)24)17-11-12-19(25-4)21(15(17)3)26-16-9-7-6-8-10-16/h6-12,14,18H,5,13H2,1-4H3/q-1. The predicted molar refractivity (Wildman–Crippen MR) is 110 cm³/mol. The Kier molecular flexibility index (Phi) is 8.66. The zero-order valence-electron chi connectivity index (χ0n) is 15.6. The quantitative estimate of drug-likeness (QED) is 0.261. The maximum absolute atomic E-state index is 11.4. The van der Waals surface area contributed by atoms with Crippen molar-refractivity contribution in [3.8, 4) is 17.2 Å². The van der Waals surface area contributed by atoms with Crippen LogP contribution in [0.4, 0.5) is 0 Å². The second-order valence-electron chi connectivity index (χ2n) is 6.07. The fraction of sp³-hybridized carbons (Fsp3) is 0.381. The van der Waals surface area contributed by atoms with E-state index in [1.54, 1.807) is 7.11 Å². The molecule has 2 aromatic carbocycles. The normalized spacial score (nSPS) is 13.3. The van der Waals surface area contributed by atoms with E-state index in [2.05, 4.69) is 26.8 Å². The van der Waals surface area contributed by atoms with Crippen LogP contribution in [-0.2, 0) is 4.79 Å². The minimum absolute atomic E-state index is 0.143. The van der Waals surface area contributed by atoms with Crippen molar-refractivity contribution < 1.29 is 35.5 Å². The molecule has 26 heavy (non-hydrogen) atoms. The Labute approximate surface area is 180 Å². The first-order chi connectivity index (χ1) is 12.5. The van der Waals surface area contributed by atoms with Crippen LogP contribution in [0.2, 0.25) is 0 Å². The van der Waals surface area contributed by atoms with Crippen LogP contribution in [0, 0.1) is 6.92 Å². The summed E-state index contributed by atoms with van der Waals surface area (Å²) in [5.74, 6) is 2.34. The Morgan fingerprint density at radius 3 is 2.46 bits per heavy atom. The topological polar surface area (TPSA) is 35.5 Å². The van der Waals surface area contributed by atoms with E-state index in [9.17, 15) is 4.79 Å². The molecule has 2 rings (SSSR count). The van der Waals surface area contributed by atoms with Gasteiger partial charge in [-0.1, -0.05) is 0 Å². The third-order valence-electron chi connectivity index (χ3n) is 4.10. The van der Waals surface area contributed by atoms with Crippen LogP contribution in [0.5, 0.6) is 17.2 Å². The van der Waals surface area contributed by atoms with Crippen LogP contribution in [0.25, 0.3) is 0 Å². The van der Waals surface area contributed by atoms with E-state index in [-0.39, 0.29) is 25.0 Å². The molecule has 0 N–H and O–H groups in total. The van der Waals surface area contributed by atoms with Gasteiger partial charge in [-0.15, -0.1) is 0 Å². The van der Waals surface area contributed by atoms with Crippen molar-refractivity contribution in [2.24, 2.45) is 0 Å². The zero-order valence-corrected chi connectivity index (χ0v) is 19.9. The molecule has 0 radical (unpaired) electrons. The van der Waals surface area contributed by atoms with Crippen molar-refractivity contribution in [2.75, 3.05) is 7.11 Å². The monoisotopic (exact) mass is 579 g/mol. The Balaban J connectivity index is 2.33. The summed E-state index contributed by atoms with van der Waals surface area (Å²) < 4.78 is 12.9. The summed E-state index contributed by atoms with van der Waals surface area (Å²) in [6, 6.07) is 14.0. The maximum atomic E-state index is 11.4. The van der Waals surface area contributed by atoms with Crippen LogP contribution in [0.3, 0.4) is 0 Å². The van der Waals surface area contributed by atoms with Crippen molar-refractivity contribution in [1.29, 1.82) is 0 Å². The Hall–Kier alpha value is -0.830. The van der Waals surface area contributed by atoms with E-state index in [0.717, 1.165) is 29.2 Å². The average molecular weight is 579 g/mol. The number of hydrogen-bond acceptors (Lipinski definition) is 3. The molecule has 0 aliphatic rings. The molecule has 0 saturated heterocycles. The number of benzene rings is 2. The van der Waals surface area contributed by atoms with Gasteiger partial charge in [-0.05, 0) is 0 Å². The van der Waals surface area contributed by atoms with Crippen LogP contribution < -0.4 is 30.7 Å². The predicted octanol–water partition coefficient (Wildman–Crippen LogP) is 3.08. The number of rotatable bonds is 9. The summed E-state index contributed by atoms with van der Waals surface area (Å²) >= 11 is 1.76. The van der Waals surface area contributed by atoms with Gasteiger partial charge in [-0.3, -0.25) is 0 Å².